The fourth-order valence-electron chi connectivity index (χ4n) is 5.59. The Kier molecular flexibility index (Phi) is 7.15. The van der Waals surface area contributed by atoms with E-state index in [4.69, 9.17) is 21.1 Å². The van der Waals surface area contributed by atoms with Gasteiger partial charge in [-0.1, -0.05) is 24.3 Å². The van der Waals surface area contributed by atoms with E-state index in [9.17, 15) is 14.7 Å². The molecular weight excluding hydrogens is 544 g/mol. The maximum atomic E-state index is 13.8. The van der Waals surface area contributed by atoms with Crippen molar-refractivity contribution in [2.45, 2.75) is 19.3 Å². The Morgan fingerprint density at radius 2 is 2.07 bits per heavy atom. The van der Waals surface area contributed by atoms with Gasteiger partial charge in [0.05, 0.1) is 17.3 Å². The van der Waals surface area contributed by atoms with Gasteiger partial charge in [0.1, 0.15) is 22.8 Å². The van der Waals surface area contributed by atoms with Crippen molar-refractivity contribution in [3.05, 3.63) is 89.6 Å². The van der Waals surface area contributed by atoms with E-state index in [2.05, 4.69) is 10.3 Å². The predicted octanol–water partition coefficient (Wildman–Crippen LogP) is 5.50. The topological polar surface area (TPSA) is 105 Å². The fourth-order valence-corrected chi connectivity index (χ4v) is 5.84. The molecule has 2 aromatic heterocycles. The Morgan fingerprint density at radius 3 is 2.83 bits per heavy atom. The number of pyridine rings is 1. The zero-order chi connectivity index (χ0) is 28.7. The highest BCUT2D eigenvalue weighted by Gasteiger charge is 2.36. The summed E-state index contributed by atoms with van der Waals surface area (Å²) in [5, 5.41) is 15.4. The average Bonchev–Trinajstić information content (AvgIpc) is 3.57. The molecule has 10 heteroatoms. The number of halogens is 1. The first-order valence-corrected chi connectivity index (χ1v) is 13.8. The van der Waals surface area contributed by atoms with Gasteiger partial charge in [0.2, 0.25) is 5.91 Å². The van der Waals surface area contributed by atoms with Crippen LogP contribution in [-0.4, -0.2) is 52.6 Å². The molecule has 0 saturated carbocycles. The molecule has 210 valence electrons. The summed E-state index contributed by atoms with van der Waals surface area (Å²) in [5.41, 5.74) is 4.03. The minimum Gasteiger partial charge on any atom is -0.507 e. The van der Waals surface area contributed by atoms with Crippen molar-refractivity contribution in [1.82, 2.24) is 9.38 Å². The molecule has 0 spiro atoms. The Labute approximate surface area is 241 Å². The van der Waals surface area contributed by atoms with Gasteiger partial charge in [0.15, 0.2) is 6.79 Å². The van der Waals surface area contributed by atoms with E-state index in [0.29, 0.717) is 41.6 Å². The van der Waals surface area contributed by atoms with Gasteiger partial charge >= 0.3 is 0 Å². The first-order chi connectivity index (χ1) is 19.9. The molecule has 1 unspecified atom stereocenters. The number of amides is 2. The van der Waals surface area contributed by atoms with Gasteiger partial charge in [-0.2, -0.15) is 0 Å². The average molecular weight is 573 g/mol. The normalized spacial score (nSPS) is 18.0. The molecule has 0 fully saturated rings. The number of benzene rings is 2. The van der Waals surface area contributed by atoms with Crippen LogP contribution in [0.2, 0.25) is 0 Å². The summed E-state index contributed by atoms with van der Waals surface area (Å²) in [4.78, 5) is 32.8. The summed E-state index contributed by atoms with van der Waals surface area (Å²) < 4.78 is 12.0. The van der Waals surface area contributed by atoms with Crippen molar-refractivity contribution < 1.29 is 24.2 Å². The van der Waals surface area contributed by atoms with Gasteiger partial charge in [-0.25, -0.2) is 4.98 Å². The lowest BCUT2D eigenvalue weighted by molar-refractivity contribution is -0.118. The van der Waals surface area contributed by atoms with Crippen molar-refractivity contribution in [3.63, 3.8) is 0 Å². The summed E-state index contributed by atoms with van der Waals surface area (Å²) >= 11 is 6.38. The quantitative estimate of drug-likeness (QED) is 0.224. The van der Waals surface area contributed by atoms with Gasteiger partial charge in [-0.05, 0) is 54.1 Å². The second-order valence-corrected chi connectivity index (χ2v) is 10.6. The summed E-state index contributed by atoms with van der Waals surface area (Å²) in [7, 11) is 1.55. The molecule has 0 saturated heterocycles. The Hall–Kier alpha value is -4.34. The number of fused-ring (bicyclic) bond motifs is 4. The van der Waals surface area contributed by atoms with E-state index < -0.39 is 0 Å². The number of allylic oxidation sites excluding steroid dienone is 2. The maximum absolute atomic E-state index is 13.8. The van der Waals surface area contributed by atoms with E-state index >= 15 is 0 Å². The zero-order valence-corrected chi connectivity index (χ0v) is 23.4. The number of aryl methyl sites for hydroxylation is 1. The highest BCUT2D eigenvalue weighted by molar-refractivity contribution is 6.19. The Bertz CT molecular complexity index is 1740. The lowest BCUT2D eigenvalue weighted by atomic mass is 9.92. The van der Waals surface area contributed by atoms with Crippen LogP contribution in [0.3, 0.4) is 0 Å². The number of rotatable bonds is 7. The molecule has 3 heterocycles. The summed E-state index contributed by atoms with van der Waals surface area (Å²) in [6.07, 6.45) is 9.31. The van der Waals surface area contributed by atoms with Crippen molar-refractivity contribution >= 4 is 51.2 Å². The van der Waals surface area contributed by atoms with Crippen LogP contribution in [0.1, 0.15) is 34.0 Å². The van der Waals surface area contributed by atoms with Crippen molar-refractivity contribution in [1.29, 1.82) is 0 Å². The van der Waals surface area contributed by atoms with Crippen LogP contribution in [0, 0.1) is 12.8 Å². The summed E-state index contributed by atoms with van der Waals surface area (Å²) in [6, 6.07) is 10.9. The number of ether oxygens (including phenoxy) is 2. The van der Waals surface area contributed by atoms with E-state index in [0.717, 1.165) is 21.9 Å². The molecule has 0 radical (unpaired) electrons. The molecule has 2 aliphatic rings. The van der Waals surface area contributed by atoms with E-state index in [1.807, 2.05) is 31.2 Å². The number of nitrogens with zero attached hydrogens (tertiary/aromatic N) is 3. The van der Waals surface area contributed by atoms with Crippen LogP contribution in [0.25, 0.3) is 16.4 Å². The lowest BCUT2D eigenvalue weighted by Gasteiger charge is -2.17. The molecule has 41 heavy (non-hydrogen) atoms. The molecule has 9 nitrogen and oxygen atoms in total. The molecule has 1 aliphatic heterocycles. The standard InChI is InChI=1S/C31H29ClN4O5/c1-18-4-3-5-23-26(37)12-25-29(28(18)23)20(13-32)14-36(25)31(39)24-16-35-15-21(8-11-27(35)34-24)33-30(38)19-6-9-22(10-7-19)41-17-40-2/h3-6,8-12,15-16,19-20,37H,7,13-14,17H2,1-2H3,(H,33,38)/t19?,20-/m1/s1. The number of methoxy groups -OCH3 is 1. The number of phenols is 1. The number of imidazole rings is 1. The molecule has 1 aliphatic carbocycles. The third-order valence-corrected chi connectivity index (χ3v) is 7.96. The lowest BCUT2D eigenvalue weighted by Crippen LogP contribution is -2.30. The van der Waals surface area contributed by atoms with Crippen LogP contribution < -0.4 is 10.2 Å². The monoisotopic (exact) mass is 572 g/mol. The van der Waals surface area contributed by atoms with Crippen LogP contribution in [0.5, 0.6) is 5.75 Å². The number of alkyl halides is 1. The molecule has 2 N–H and O–H groups in total. The molecule has 2 amide bonds. The first kappa shape index (κ1) is 26.9. The van der Waals surface area contributed by atoms with Gasteiger partial charge in [0.25, 0.3) is 5.91 Å². The predicted molar refractivity (Wildman–Crippen MR) is 158 cm³/mol. The van der Waals surface area contributed by atoms with Gasteiger partial charge in [-0.15, -0.1) is 11.6 Å². The van der Waals surface area contributed by atoms with Crippen LogP contribution in [-0.2, 0) is 14.3 Å². The first-order valence-electron chi connectivity index (χ1n) is 13.3. The summed E-state index contributed by atoms with van der Waals surface area (Å²) in [6.45, 7) is 2.53. The fraction of sp³-hybridized carbons (Fsp3) is 0.258. The summed E-state index contributed by atoms with van der Waals surface area (Å²) in [5.74, 6) is 0.282. The highest BCUT2D eigenvalue weighted by atomic mass is 35.5. The number of carbonyl (C=O) groups is 2. The molecule has 0 bridgehead atoms. The SMILES string of the molecule is COCOC1=CCC(C(=O)Nc2ccc3nc(C(=O)N4C[C@@H](CCl)c5c4cc(O)c4cccc(C)c54)cn3c2)C=C1. The number of hydrogen-bond donors (Lipinski definition) is 2. The molecule has 2 atom stereocenters. The second-order valence-electron chi connectivity index (χ2n) is 10.3. The maximum Gasteiger partial charge on any atom is 0.278 e. The van der Waals surface area contributed by atoms with Gasteiger partial charge in [0, 0.05) is 49.3 Å². The largest absolute Gasteiger partial charge is 0.507 e. The number of aromatic hydroxyl groups is 1. The molecule has 6 rings (SSSR count). The number of hydrogen-bond acceptors (Lipinski definition) is 6. The van der Waals surface area contributed by atoms with Gasteiger partial charge < -0.3 is 29.2 Å². The minimum atomic E-state index is -0.332. The number of aromatic nitrogens is 2. The molecular formula is C31H29ClN4O5. The van der Waals surface area contributed by atoms with E-state index in [-0.39, 0.29) is 41.9 Å². The Balaban J connectivity index is 1.23. The minimum absolute atomic E-state index is 0.0787. The smallest absolute Gasteiger partial charge is 0.278 e. The van der Waals surface area contributed by atoms with Crippen molar-refractivity contribution in [2.75, 3.05) is 36.5 Å². The number of nitrogens with one attached hydrogen (secondary N) is 1. The molecule has 4 aromatic rings. The number of carbonyl (C=O) groups excluding carboxylic acids is 2. The van der Waals surface area contributed by atoms with Crippen LogP contribution in [0.4, 0.5) is 11.4 Å². The third kappa shape index (κ3) is 4.92. The van der Waals surface area contributed by atoms with E-state index in [1.54, 1.807) is 59.2 Å². The Morgan fingerprint density at radius 1 is 1.22 bits per heavy atom. The van der Waals surface area contributed by atoms with Crippen LogP contribution >= 0.6 is 11.6 Å². The zero-order valence-electron chi connectivity index (χ0n) is 22.6. The van der Waals surface area contributed by atoms with Crippen molar-refractivity contribution in [3.8, 4) is 5.75 Å². The second kappa shape index (κ2) is 10.9. The highest BCUT2D eigenvalue weighted by Crippen LogP contribution is 2.46. The van der Waals surface area contributed by atoms with Crippen molar-refractivity contribution in [2.24, 2.45) is 5.92 Å². The number of anilines is 2. The number of phenolic OH excluding ortho intramolecular Hbond substituents is 1. The van der Waals surface area contributed by atoms with Crippen LogP contribution in [0.15, 0.2) is 72.8 Å². The molecule has 2 aromatic carbocycles. The van der Waals surface area contributed by atoms with E-state index in [1.165, 1.54) is 0 Å². The third-order valence-electron chi connectivity index (χ3n) is 7.58. The van der Waals surface area contributed by atoms with Gasteiger partial charge in [-0.3, -0.25) is 9.59 Å².